The topological polar surface area (TPSA) is 86.6 Å². The number of hydrogen-bond donors (Lipinski definition) is 3. The molecule has 0 heterocycles. The molecule has 0 saturated heterocycles. The summed E-state index contributed by atoms with van der Waals surface area (Å²) in [6.07, 6.45) is 2.65. The number of carbonyl (C=O) groups excluding carboxylic acids is 1. The molecule has 1 aromatic rings. The molecule has 1 atom stereocenters. The van der Waals surface area contributed by atoms with E-state index in [-0.39, 0.29) is 18.9 Å². The van der Waals surface area contributed by atoms with Gasteiger partial charge < -0.3 is 15.5 Å². The van der Waals surface area contributed by atoms with Crippen LogP contribution < -0.4 is 5.32 Å². The molecule has 0 aliphatic heterocycles. The van der Waals surface area contributed by atoms with Crippen LogP contribution in [0.3, 0.4) is 0 Å². The molecular weight excluding hydrogens is 258 g/mol. The zero-order chi connectivity index (χ0) is 14.8. The van der Waals surface area contributed by atoms with Crippen molar-refractivity contribution in [3.8, 4) is 0 Å². The molecule has 0 spiro atoms. The maximum atomic E-state index is 11.7. The third kappa shape index (κ3) is 6.33. The third-order valence-electron chi connectivity index (χ3n) is 2.98. The third-order valence-corrected chi connectivity index (χ3v) is 2.98. The van der Waals surface area contributed by atoms with Gasteiger partial charge in [0.1, 0.15) is 6.04 Å². The van der Waals surface area contributed by atoms with Crippen molar-refractivity contribution in [1.82, 2.24) is 5.32 Å². The van der Waals surface area contributed by atoms with Gasteiger partial charge in [-0.3, -0.25) is 4.79 Å². The van der Waals surface area contributed by atoms with Crippen LogP contribution in [0.15, 0.2) is 30.3 Å². The van der Waals surface area contributed by atoms with Gasteiger partial charge in [0.25, 0.3) is 0 Å². The number of aliphatic hydroxyl groups is 1. The molecule has 1 aromatic carbocycles. The van der Waals surface area contributed by atoms with Crippen LogP contribution in [0.1, 0.15) is 31.2 Å². The Balaban J connectivity index is 2.43. The summed E-state index contributed by atoms with van der Waals surface area (Å²) in [5, 5.41) is 20.3. The number of rotatable bonds is 9. The molecule has 0 saturated carbocycles. The van der Waals surface area contributed by atoms with E-state index in [0.29, 0.717) is 19.3 Å². The van der Waals surface area contributed by atoms with Crippen molar-refractivity contribution in [2.75, 3.05) is 6.61 Å². The number of aliphatic hydroxyl groups excluding tert-OH is 1. The van der Waals surface area contributed by atoms with Crippen molar-refractivity contribution in [3.63, 3.8) is 0 Å². The fourth-order valence-corrected chi connectivity index (χ4v) is 1.89. The number of hydrogen-bond acceptors (Lipinski definition) is 3. The minimum absolute atomic E-state index is 0.118. The van der Waals surface area contributed by atoms with Crippen molar-refractivity contribution in [2.24, 2.45) is 0 Å². The largest absolute Gasteiger partial charge is 0.480 e. The normalized spacial score (nSPS) is 11.8. The van der Waals surface area contributed by atoms with E-state index in [0.717, 1.165) is 12.0 Å². The number of amides is 1. The van der Waals surface area contributed by atoms with Crippen LogP contribution in [0.25, 0.3) is 0 Å². The molecule has 0 aromatic heterocycles. The maximum Gasteiger partial charge on any atom is 0.326 e. The fraction of sp³-hybridized carbons (Fsp3) is 0.467. The van der Waals surface area contributed by atoms with E-state index >= 15 is 0 Å². The van der Waals surface area contributed by atoms with Crippen LogP contribution in [-0.2, 0) is 16.0 Å². The van der Waals surface area contributed by atoms with Crippen LogP contribution >= 0.6 is 0 Å². The first-order valence-electron chi connectivity index (χ1n) is 6.80. The van der Waals surface area contributed by atoms with Gasteiger partial charge in [0.15, 0.2) is 0 Å². The zero-order valence-corrected chi connectivity index (χ0v) is 11.4. The molecule has 20 heavy (non-hydrogen) atoms. The summed E-state index contributed by atoms with van der Waals surface area (Å²) < 4.78 is 0. The maximum absolute atomic E-state index is 11.7. The number of carboxylic acids is 1. The highest BCUT2D eigenvalue weighted by molar-refractivity contribution is 5.83. The molecule has 5 nitrogen and oxygen atoms in total. The predicted octanol–water partition coefficient (Wildman–Crippen LogP) is 1.35. The van der Waals surface area contributed by atoms with Gasteiger partial charge >= 0.3 is 5.97 Å². The highest BCUT2D eigenvalue weighted by Gasteiger charge is 2.19. The fourth-order valence-electron chi connectivity index (χ4n) is 1.89. The number of aliphatic carboxylic acids is 1. The Hall–Kier alpha value is -1.88. The summed E-state index contributed by atoms with van der Waals surface area (Å²) in [6.45, 7) is 0.118. The molecule has 110 valence electrons. The molecule has 1 unspecified atom stereocenters. The lowest BCUT2D eigenvalue weighted by atomic mass is 10.1. The number of nitrogens with one attached hydrogen (secondary N) is 1. The number of benzene rings is 1. The quantitative estimate of drug-likeness (QED) is 0.596. The lowest BCUT2D eigenvalue weighted by molar-refractivity contribution is -0.141. The average Bonchev–Trinajstić information content (AvgIpc) is 2.44. The lowest BCUT2D eigenvalue weighted by Crippen LogP contribution is -2.42. The molecule has 5 heteroatoms. The molecule has 3 N–H and O–H groups in total. The molecule has 0 radical (unpaired) electrons. The summed E-state index contributed by atoms with van der Waals surface area (Å²) in [4.78, 5) is 22.8. The summed E-state index contributed by atoms with van der Waals surface area (Å²) in [6, 6.07) is 8.31. The first-order valence-corrected chi connectivity index (χ1v) is 6.80. The summed E-state index contributed by atoms with van der Waals surface area (Å²) >= 11 is 0. The molecule has 0 aliphatic carbocycles. The molecule has 1 amide bonds. The van der Waals surface area contributed by atoms with E-state index in [2.05, 4.69) is 5.32 Å². The van der Waals surface area contributed by atoms with Crippen LogP contribution in [0.2, 0.25) is 0 Å². The van der Waals surface area contributed by atoms with Crippen LogP contribution in [0.4, 0.5) is 0 Å². The predicted molar refractivity (Wildman–Crippen MR) is 75.3 cm³/mol. The zero-order valence-electron chi connectivity index (χ0n) is 11.4. The van der Waals surface area contributed by atoms with E-state index < -0.39 is 12.0 Å². The first kappa shape index (κ1) is 16.2. The van der Waals surface area contributed by atoms with E-state index in [4.69, 9.17) is 10.2 Å². The monoisotopic (exact) mass is 279 g/mol. The number of unbranched alkanes of at least 4 members (excludes halogenated alkanes) is 2. The molecule has 0 fully saturated rings. The average molecular weight is 279 g/mol. The van der Waals surface area contributed by atoms with Crippen molar-refractivity contribution in [1.29, 1.82) is 0 Å². The second kappa shape index (κ2) is 9.09. The Bertz CT molecular complexity index is 419. The van der Waals surface area contributed by atoms with Crippen LogP contribution in [-0.4, -0.2) is 34.7 Å². The van der Waals surface area contributed by atoms with Crippen LogP contribution in [0, 0.1) is 0 Å². The SMILES string of the molecule is O=C(CCCCCO)NC(Cc1ccccc1)C(=O)O. The highest BCUT2D eigenvalue weighted by Crippen LogP contribution is 2.05. The van der Waals surface area contributed by atoms with Crippen molar-refractivity contribution in [2.45, 2.75) is 38.1 Å². The van der Waals surface area contributed by atoms with E-state index in [1.165, 1.54) is 0 Å². The molecule has 0 aliphatic rings. The summed E-state index contributed by atoms with van der Waals surface area (Å²) in [5.41, 5.74) is 0.875. The molecular formula is C15H21NO4. The second-order valence-corrected chi connectivity index (χ2v) is 4.68. The smallest absolute Gasteiger partial charge is 0.326 e. The minimum Gasteiger partial charge on any atom is -0.480 e. The van der Waals surface area contributed by atoms with E-state index in [9.17, 15) is 9.59 Å². The van der Waals surface area contributed by atoms with Crippen molar-refractivity contribution in [3.05, 3.63) is 35.9 Å². The van der Waals surface area contributed by atoms with Gasteiger partial charge in [0, 0.05) is 19.4 Å². The summed E-state index contributed by atoms with van der Waals surface area (Å²) in [5.74, 6) is -1.29. The van der Waals surface area contributed by atoms with Gasteiger partial charge in [-0.25, -0.2) is 4.79 Å². The Morgan fingerprint density at radius 3 is 2.40 bits per heavy atom. The Morgan fingerprint density at radius 1 is 1.10 bits per heavy atom. The highest BCUT2D eigenvalue weighted by atomic mass is 16.4. The van der Waals surface area contributed by atoms with Gasteiger partial charge in [-0.05, 0) is 18.4 Å². The second-order valence-electron chi connectivity index (χ2n) is 4.68. The van der Waals surface area contributed by atoms with Crippen LogP contribution in [0.5, 0.6) is 0 Å². The number of carbonyl (C=O) groups is 2. The molecule has 1 rings (SSSR count). The van der Waals surface area contributed by atoms with Gasteiger partial charge in [-0.15, -0.1) is 0 Å². The lowest BCUT2D eigenvalue weighted by Gasteiger charge is -2.14. The first-order chi connectivity index (χ1) is 9.63. The Labute approximate surface area is 118 Å². The van der Waals surface area contributed by atoms with Gasteiger partial charge in [-0.1, -0.05) is 36.8 Å². The number of carboxylic acid groups (broad SMARTS) is 1. The van der Waals surface area contributed by atoms with Crippen molar-refractivity contribution >= 4 is 11.9 Å². The van der Waals surface area contributed by atoms with E-state index in [1.54, 1.807) is 0 Å². The van der Waals surface area contributed by atoms with Gasteiger partial charge in [0.2, 0.25) is 5.91 Å². The standard InChI is InChI=1S/C15H21NO4/c17-10-6-2-5-9-14(18)16-13(15(19)20)11-12-7-3-1-4-8-12/h1,3-4,7-8,13,17H,2,5-6,9-11H2,(H,16,18)(H,19,20). The minimum atomic E-state index is -1.03. The Morgan fingerprint density at radius 2 is 1.80 bits per heavy atom. The van der Waals surface area contributed by atoms with Gasteiger partial charge in [-0.2, -0.15) is 0 Å². The Kier molecular flexibility index (Phi) is 7.35. The van der Waals surface area contributed by atoms with Gasteiger partial charge in [0.05, 0.1) is 0 Å². The molecule has 0 bridgehead atoms. The van der Waals surface area contributed by atoms with E-state index in [1.807, 2.05) is 30.3 Å². The summed E-state index contributed by atoms with van der Waals surface area (Å²) in [7, 11) is 0. The van der Waals surface area contributed by atoms with Crippen molar-refractivity contribution < 1.29 is 19.8 Å².